The Hall–Kier alpha value is -3.79. The normalized spacial score (nSPS) is 15.7. The summed E-state index contributed by atoms with van der Waals surface area (Å²) in [6.45, 7) is 12.6. The summed E-state index contributed by atoms with van der Waals surface area (Å²) in [7, 11) is 0. The van der Waals surface area contributed by atoms with Gasteiger partial charge in [0.25, 0.3) is 5.92 Å². The highest BCUT2D eigenvalue weighted by atomic mass is 19.3. The predicted octanol–water partition coefficient (Wildman–Crippen LogP) is 5.88. The third kappa shape index (κ3) is 7.49. The molecule has 41 heavy (non-hydrogen) atoms. The molecule has 1 unspecified atom stereocenters. The number of aliphatic imine (C=N–C) groups is 1. The fourth-order valence-electron chi connectivity index (χ4n) is 4.49. The molecule has 3 aromatic rings. The van der Waals surface area contributed by atoms with E-state index >= 15 is 0 Å². The van der Waals surface area contributed by atoms with E-state index in [9.17, 15) is 13.6 Å². The van der Waals surface area contributed by atoms with Crippen LogP contribution in [-0.2, 0) is 15.5 Å². The minimum atomic E-state index is -3.07. The second-order valence-electron chi connectivity index (χ2n) is 10.4. The molecule has 0 spiro atoms. The number of ether oxygens (including phenoxy) is 1. The van der Waals surface area contributed by atoms with Crippen molar-refractivity contribution in [1.82, 2.24) is 10.2 Å². The number of nitrogens with zero attached hydrogens (tertiary/aromatic N) is 3. The molecule has 1 saturated heterocycles. The Morgan fingerprint density at radius 2 is 1.83 bits per heavy atom. The van der Waals surface area contributed by atoms with Gasteiger partial charge in [0.1, 0.15) is 0 Å². The number of nitrogens with one attached hydrogen (secondary N) is 1. The maximum atomic E-state index is 14.8. The van der Waals surface area contributed by atoms with Gasteiger partial charge in [-0.15, -0.1) is 0 Å². The summed E-state index contributed by atoms with van der Waals surface area (Å²) < 4.78 is 34.9. The van der Waals surface area contributed by atoms with E-state index < -0.39 is 17.7 Å². The number of H-pyrrole nitrogens is 1. The second-order valence-corrected chi connectivity index (χ2v) is 10.4. The van der Waals surface area contributed by atoms with Crippen molar-refractivity contribution in [3.05, 3.63) is 64.5 Å². The van der Waals surface area contributed by atoms with Crippen molar-refractivity contribution in [2.24, 2.45) is 22.4 Å². The highest BCUT2D eigenvalue weighted by molar-refractivity contribution is 6.05. The lowest BCUT2D eigenvalue weighted by atomic mass is 9.95. The minimum absolute atomic E-state index is 0.0847. The number of primary amides is 1. The number of nitrogens with two attached hydrogens (primary N) is 2. The molecule has 2 heterocycles. The molecule has 4 rings (SSSR count). The molecular formula is C31H42F2N6O2. The number of unbranched alkanes of at least 4 members (excludes halogenated alkanes) is 1. The number of alkyl halides is 2. The first-order chi connectivity index (χ1) is 19.4. The van der Waals surface area contributed by atoms with Gasteiger partial charge in [0.2, 0.25) is 5.91 Å². The van der Waals surface area contributed by atoms with Crippen molar-refractivity contribution < 1.29 is 18.3 Å². The van der Waals surface area contributed by atoms with Crippen LogP contribution in [0.15, 0.2) is 47.2 Å². The molecule has 1 atom stereocenters. The van der Waals surface area contributed by atoms with Crippen LogP contribution >= 0.6 is 0 Å². The zero-order valence-corrected chi connectivity index (χ0v) is 24.9. The van der Waals surface area contributed by atoms with Crippen molar-refractivity contribution in [2.45, 2.75) is 60.3 Å². The van der Waals surface area contributed by atoms with E-state index in [1.807, 2.05) is 24.0 Å². The highest BCUT2D eigenvalue weighted by Crippen LogP contribution is 2.37. The summed E-state index contributed by atoms with van der Waals surface area (Å²) >= 11 is 0. The van der Waals surface area contributed by atoms with Crippen LogP contribution < -0.4 is 16.4 Å². The SMILES string of the molecule is CC(=N/C(=C(/N)C(C)C(N)=O)c1c(C)ccc2[nH]ncc12)c1ccc(N2CCOCC2)c(C(C)(F)F)c1.CCCC. The summed E-state index contributed by atoms with van der Waals surface area (Å²) in [5.74, 6) is -4.46. The zero-order valence-electron chi connectivity index (χ0n) is 24.9. The fraction of sp³-hybridized carbons (Fsp3) is 0.452. The maximum Gasteiger partial charge on any atom is 0.272 e. The Morgan fingerprint density at radius 1 is 1.17 bits per heavy atom. The number of anilines is 1. The molecule has 0 saturated carbocycles. The van der Waals surface area contributed by atoms with Gasteiger partial charge in [-0.3, -0.25) is 14.9 Å². The van der Waals surface area contributed by atoms with Gasteiger partial charge in [0, 0.05) is 53.6 Å². The Morgan fingerprint density at radius 3 is 2.41 bits per heavy atom. The number of amides is 1. The smallest absolute Gasteiger partial charge is 0.272 e. The summed E-state index contributed by atoms with van der Waals surface area (Å²) in [6, 6.07) is 8.74. The van der Waals surface area contributed by atoms with E-state index in [0.717, 1.165) is 23.4 Å². The Balaban J connectivity index is 0.00000108. The molecule has 5 N–H and O–H groups in total. The van der Waals surface area contributed by atoms with Crippen LogP contribution in [0.25, 0.3) is 16.6 Å². The number of carbonyl (C=O) groups excluding carboxylic acids is 1. The molecule has 8 nitrogen and oxygen atoms in total. The van der Waals surface area contributed by atoms with Crippen molar-refractivity contribution in [2.75, 3.05) is 31.2 Å². The lowest BCUT2D eigenvalue weighted by Crippen LogP contribution is -2.37. The third-order valence-corrected chi connectivity index (χ3v) is 7.25. The number of aryl methyl sites for hydroxylation is 1. The van der Waals surface area contributed by atoms with E-state index in [0.29, 0.717) is 54.5 Å². The van der Waals surface area contributed by atoms with Crippen molar-refractivity contribution in [3.8, 4) is 0 Å². The van der Waals surface area contributed by atoms with Gasteiger partial charge in [-0.1, -0.05) is 38.8 Å². The molecule has 222 valence electrons. The number of halogens is 2. The largest absolute Gasteiger partial charge is 0.400 e. The van der Waals surface area contributed by atoms with Crippen LogP contribution in [0.4, 0.5) is 14.5 Å². The number of hydrogen-bond acceptors (Lipinski definition) is 6. The monoisotopic (exact) mass is 568 g/mol. The lowest BCUT2D eigenvalue weighted by Gasteiger charge is -2.32. The first-order valence-electron chi connectivity index (χ1n) is 14.0. The van der Waals surface area contributed by atoms with E-state index in [1.54, 1.807) is 32.2 Å². The average Bonchev–Trinajstić information content (AvgIpc) is 3.44. The minimum Gasteiger partial charge on any atom is -0.400 e. The standard InChI is InChI=1S/C27H32F2N6O2.C4H10/c1-15-5-7-21-19(14-32-34-21)23(15)25(24(30)16(2)26(31)36)33-17(3)18-6-8-22(20(13-18)27(4,28)29)35-9-11-37-12-10-35;1-3-4-2/h5-8,13-14,16H,9-12,30H2,1-4H3,(H2,31,36)(H,32,34);3-4H2,1-2H3/b25-24+,33-17?;. The van der Waals surface area contributed by atoms with Crippen LogP contribution in [0, 0.1) is 12.8 Å². The van der Waals surface area contributed by atoms with Crippen LogP contribution in [0.5, 0.6) is 0 Å². The first kappa shape index (κ1) is 31.7. The molecule has 1 aromatic heterocycles. The summed E-state index contributed by atoms with van der Waals surface area (Å²) in [6.07, 6.45) is 4.30. The molecule has 0 radical (unpaired) electrons. The van der Waals surface area contributed by atoms with Gasteiger partial charge in [0.05, 0.1) is 36.5 Å². The van der Waals surface area contributed by atoms with Gasteiger partial charge in [-0.2, -0.15) is 5.10 Å². The Kier molecular flexibility index (Phi) is 10.6. The van der Waals surface area contributed by atoms with Crippen LogP contribution in [0.2, 0.25) is 0 Å². The molecule has 1 aliphatic rings. The number of benzene rings is 2. The molecule has 1 fully saturated rings. The van der Waals surface area contributed by atoms with Gasteiger partial charge >= 0.3 is 0 Å². The number of rotatable bonds is 8. The molecule has 2 aromatic carbocycles. The van der Waals surface area contributed by atoms with Crippen LogP contribution in [0.1, 0.15) is 69.7 Å². The van der Waals surface area contributed by atoms with E-state index in [2.05, 4.69) is 24.0 Å². The number of aromatic amines is 1. The van der Waals surface area contributed by atoms with Gasteiger partial charge in [-0.25, -0.2) is 8.78 Å². The number of fused-ring (bicyclic) bond motifs is 1. The van der Waals surface area contributed by atoms with E-state index in [-0.39, 0.29) is 11.3 Å². The van der Waals surface area contributed by atoms with Crippen molar-refractivity contribution >= 4 is 33.9 Å². The van der Waals surface area contributed by atoms with E-state index in [1.165, 1.54) is 18.9 Å². The van der Waals surface area contributed by atoms with Crippen LogP contribution in [0.3, 0.4) is 0 Å². The molecule has 0 aliphatic carbocycles. The molecule has 10 heteroatoms. The van der Waals surface area contributed by atoms with Crippen molar-refractivity contribution in [3.63, 3.8) is 0 Å². The predicted molar refractivity (Wildman–Crippen MR) is 162 cm³/mol. The first-order valence-corrected chi connectivity index (χ1v) is 14.0. The van der Waals surface area contributed by atoms with Crippen LogP contribution in [-0.4, -0.2) is 48.1 Å². The summed E-state index contributed by atoms with van der Waals surface area (Å²) in [5.41, 5.74) is 16.3. The lowest BCUT2D eigenvalue weighted by molar-refractivity contribution is -0.120. The molecule has 1 amide bonds. The summed E-state index contributed by atoms with van der Waals surface area (Å²) in [5, 5.41) is 7.83. The average molecular weight is 569 g/mol. The molecular weight excluding hydrogens is 526 g/mol. The topological polar surface area (TPSA) is 123 Å². The van der Waals surface area contributed by atoms with Gasteiger partial charge < -0.3 is 21.1 Å². The zero-order chi connectivity index (χ0) is 30.3. The quantitative estimate of drug-likeness (QED) is 0.293. The Labute approximate surface area is 240 Å². The highest BCUT2D eigenvalue weighted by Gasteiger charge is 2.31. The third-order valence-electron chi connectivity index (χ3n) is 7.25. The van der Waals surface area contributed by atoms with Gasteiger partial charge in [-0.05, 0) is 50.1 Å². The second kappa shape index (κ2) is 13.7. The fourth-order valence-corrected chi connectivity index (χ4v) is 4.49. The number of morpholine rings is 1. The van der Waals surface area contributed by atoms with Gasteiger partial charge in [0.15, 0.2) is 0 Å². The Bertz CT molecular complexity index is 1420. The number of carbonyl (C=O) groups is 1. The van der Waals surface area contributed by atoms with E-state index in [4.69, 9.17) is 21.2 Å². The number of hydrogen-bond donors (Lipinski definition) is 3. The maximum absolute atomic E-state index is 14.8. The molecule has 0 bridgehead atoms. The number of aromatic nitrogens is 2. The van der Waals surface area contributed by atoms with Crippen molar-refractivity contribution in [1.29, 1.82) is 0 Å². The molecule has 1 aliphatic heterocycles. The summed E-state index contributed by atoms with van der Waals surface area (Å²) in [4.78, 5) is 18.7.